The van der Waals surface area contributed by atoms with Gasteiger partial charge in [0.2, 0.25) is 11.8 Å². The number of hydrogen-bond acceptors (Lipinski definition) is 4. The minimum Gasteiger partial charge on any atom is -0.350 e. The molecule has 1 fully saturated rings. The average Bonchev–Trinajstić information content (AvgIpc) is 3.26. The molecule has 0 saturated heterocycles. The maximum absolute atomic E-state index is 11.7. The minimum absolute atomic E-state index is 0.0237. The standard InChI is InChI=1S/C15H17N5O2/c21-14(9-19-15(22)12-2-3-12)18-8-11-1-4-13(17-7-11)20-6-5-16-10-20/h1,4-7,10,12H,2-3,8-9H2,(H,18,21)(H,19,22). The van der Waals surface area contributed by atoms with Crippen molar-refractivity contribution < 1.29 is 9.59 Å². The predicted octanol–water partition coefficient (Wildman–Crippen LogP) is 0.410. The second-order valence-corrected chi connectivity index (χ2v) is 5.26. The summed E-state index contributed by atoms with van der Waals surface area (Å²) in [6, 6.07) is 3.75. The number of carbonyl (C=O) groups is 2. The molecule has 1 aliphatic rings. The van der Waals surface area contributed by atoms with Crippen LogP contribution in [-0.4, -0.2) is 32.9 Å². The van der Waals surface area contributed by atoms with E-state index in [-0.39, 0.29) is 24.3 Å². The van der Waals surface area contributed by atoms with Crippen LogP contribution in [-0.2, 0) is 16.1 Å². The number of rotatable bonds is 6. The molecule has 2 amide bonds. The van der Waals surface area contributed by atoms with Gasteiger partial charge >= 0.3 is 0 Å². The molecule has 22 heavy (non-hydrogen) atoms. The molecule has 0 spiro atoms. The fraction of sp³-hybridized carbons (Fsp3) is 0.333. The van der Waals surface area contributed by atoms with Crippen LogP contribution in [0.15, 0.2) is 37.1 Å². The van der Waals surface area contributed by atoms with Crippen LogP contribution in [0.1, 0.15) is 18.4 Å². The zero-order valence-corrected chi connectivity index (χ0v) is 12.0. The van der Waals surface area contributed by atoms with E-state index in [1.54, 1.807) is 23.3 Å². The first-order valence-corrected chi connectivity index (χ1v) is 7.20. The number of nitrogens with zero attached hydrogens (tertiary/aromatic N) is 3. The molecule has 1 saturated carbocycles. The van der Waals surface area contributed by atoms with Crippen molar-refractivity contribution in [1.29, 1.82) is 0 Å². The van der Waals surface area contributed by atoms with Gasteiger partial charge in [0.1, 0.15) is 12.1 Å². The summed E-state index contributed by atoms with van der Waals surface area (Å²) in [6.07, 6.45) is 8.74. The lowest BCUT2D eigenvalue weighted by molar-refractivity contribution is -0.126. The maximum atomic E-state index is 11.7. The van der Waals surface area contributed by atoms with Crippen molar-refractivity contribution in [1.82, 2.24) is 25.2 Å². The number of carbonyl (C=O) groups excluding carboxylic acids is 2. The van der Waals surface area contributed by atoms with Gasteiger partial charge in [-0.25, -0.2) is 9.97 Å². The molecule has 0 aromatic carbocycles. The van der Waals surface area contributed by atoms with Gasteiger partial charge in [0.15, 0.2) is 0 Å². The van der Waals surface area contributed by atoms with E-state index in [2.05, 4.69) is 20.6 Å². The molecule has 0 unspecified atom stereocenters. The molecule has 0 aliphatic heterocycles. The fourth-order valence-corrected chi connectivity index (χ4v) is 1.99. The van der Waals surface area contributed by atoms with E-state index in [0.29, 0.717) is 6.54 Å². The monoisotopic (exact) mass is 299 g/mol. The Morgan fingerprint density at radius 2 is 2.14 bits per heavy atom. The quantitative estimate of drug-likeness (QED) is 0.808. The Morgan fingerprint density at radius 3 is 2.77 bits per heavy atom. The van der Waals surface area contributed by atoms with Gasteiger partial charge in [-0.3, -0.25) is 14.2 Å². The third-order valence-corrected chi connectivity index (χ3v) is 3.44. The van der Waals surface area contributed by atoms with Gasteiger partial charge in [-0.05, 0) is 24.5 Å². The van der Waals surface area contributed by atoms with E-state index >= 15 is 0 Å². The second kappa shape index (κ2) is 6.38. The Balaban J connectivity index is 1.44. The molecule has 0 atom stereocenters. The van der Waals surface area contributed by atoms with Crippen LogP contribution in [0.4, 0.5) is 0 Å². The zero-order chi connectivity index (χ0) is 15.4. The van der Waals surface area contributed by atoms with Crippen LogP contribution < -0.4 is 10.6 Å². The molecule has 0 bridgehead atoms. The first-order valence-electron chi connectivity index (χ1n) is 7.20. The topological polar surface area (TPSA) is 88.9 Å². The molecule has 2 aromatic rings. The Kier molecular flexibility index (Phi) is 4.13. The molecule has 7 heteroatoms. The molecule has 3 rings (SSSR count). The van der Waals surface area contributed by atoms with Crippen LogP contribution in [0, 0.1) is 5.92 Å². The fourth-order valence-electron chi connectivity index (χ4n) is 1.99. The Morgan fingerprint density at radius 1 is 1.27 bits per heavy atom. The van der Waals surface area contributed by atoms with Gasteiger partial charge in [0, 0.05) is 31.1 Å². The highest BCUT2D eigenvalue weighted by atomic mass is 16.2. The third-order valence-electron chi connectivity index (χ3n) is 3.44. The molecule has 0 radical (unpaired) electrons. The van der Waals surface area contributed by atoms with Crippen molar-refractivity contribution in [3.05, 3.63) is 42.6 Å². The molecule has 2 N–H and O–H groups in total. The van der Waals surface area contributed by atoms with E-state index in [1.165, 1.54) is 0 Å². The number of pyridine rings is 1. The van der Waals surface area contributed by atoms with Crippen molar-refractivity contribution in [3.8, 4) is 5.82 Å². The van der Waals surface area contributed by atoms with Gasteiger partial charge in [-0.1, -0.05) is 6.07 Å². The van der Waals surface area contributed by atoms with Crippen LogP contribution >= 0.6 is 0 Å². The van der Waals surface area contributed by atoms with Crippen molar-refractivity contribution in [3.63, 3.8) is 0 Å². The summed E-state index contributed by atoms with van der Waals surface area (Å²) in [5, 5.41) is 5.39. The first-order chi connectivity index (χ1) is 10.7. The van der Waals surface area contributed by atoms with Gasteiger partial charge in [0.25, 0.3) is 0 Å². The molecule has 114 valence electrons. The number of amides is 2. The summed E-state index contributed by atoms with van der Waals surface area (Å²) in [6.45, 7) is 0.408. The van der Waals surface area contributed by atoms with Crippen molar-refractivity contribution in [2.24, 2.45) is 5.92 Å². The summed E-state index contributed by atoms with van der Waals surface area (Å²) in [5.41, 5.74) is 0.894. The van der Waals surface area contributed by atoms with Gasteiger partial charge in [-0.2, -0.15) is 0 Å². The van der Waals surface area contributed by atoms with Crippen LogP contribution in [0.2, 0.25) is 0 Å². The van der Waals surface area contributed by atoms with Gasteiger partial charge in [-0.15, -0.1) is 0 Å². The molecule has 7 nitrogen and oxygen atoms in total. The maximum Gasteiger partial charge on any atom is 0.239 e. The lowest BCUT2D eigenvalue weighted by Crippen LogP contribution is -2.37. The lowest BCUT2D eigenvalue weighted by atomic mass is 10.3. The second-order valence-electron chi connectivity index (χ2n) is 5.26. The van der Waals surface area contributed by atoms with E-state index < -0.39 is 0 Å². The highest BCUT2D eigenvalue weighted by molar-refractivity contribution is 5.86. The molecular formula is C15H17N5O2. The highest BCUT2D eigenvalue weighted by Gasteiger charge is 2.29. The van der Waals surface area contributed by atoms with Gasteiger partial charge < -0.3 is 10.6 Å². The number of hydrogen-bond donors (Lipinski definition) is 2. The number of aromatic nitrogens is 3. The van der Waals surface area contributed by atoms with Crippen molar-refractivity contribution in [2.45, 2.75) is 19.4 Å². The Bertz CT molecular complexity index is 647. The lowest BCUT2D eigenvalue weighted by Gasteiger charge is -2.07. The Labute approximate surface area is 127 Å². The van der Waals surface area contributed by atoms with Crippen LogP contribution in [0.5, 0.6) is 0 Å². The Hall–Kier alpha value is -2.70. The van der Waals surface area contributed by atoms with Crippen molar-refractivity contribution in [2.75, 3.05) is 6.54 Å². The first kappa shape index (κ1) is 14.2. The number of nitrogens with one attached hydrogen (secondary N) is 2. The van der Waals surface area contributed by atoms with Crippen LogP contribution in [0.25, 0.3) is 5.82 Å². The third kappa shape index (κ3) is 3.69. The zero-order valence-electron chi connectivity index (χ0n) is 12.0. The van der Waals surface area contributed by atoms with E-state index in [4.69, 9.17) is 0 Å². The van der Waals surface area contributed by atoms with E-state index in [9.17, 15) is 9.59 Å². The largest absolute Gasteiger partial charge is 0.350 e. The van der Waals surface area contributed by atoms with E-state index in [0.717, 1.165) is 24.2 Å². The van der Waals surface area contributed by atoms with E-state index in [1.807, 2.05) is 18.3 Å². The molecule has 1 aliphatic carbocycles. The molecule has 2 heterocycles. The smallest absolute Gasteiger partial charge is 0.239 e. The van der Waals surface area contributed by atoms with Crippen LogP contribution in [0.3, 0.4) is 0 Å². The van der Waals surface area contributed by atoms with Gasteiger partial charge in [0.05, 0.1) is 6.54 Å². The minimum atomic E-state index is -0.201. The molecule has 2 aromatic heterocycles. The normalized spacial score (nSPS) is 13.6. The summed E-state index contributed by atoms with van der Waals surface area (Å²) in [5.74, 6) is 0.659. The predicted molar refractivity (Wildman–Crippen MR) is 78.9 cm³/mol. The summed E-state index contributed by atoms with van der Waals surface area (Å²) < 4.78 is 1.80. The summed E-state index contributed by atoms with van der Waals surface area (Å²) in [7, 11) is 0. The summed E-state index contributed by atoms with van der Waals surface area (Å²) >= 11 is 0. The average molecular weight is 299 g/mol. The number of imidazole rings is 1. The van der Waals surface area contributed by atoms with Crippen molar-refractivity contribution >= 4 is 11.8 Å². The summed E-state index contributed by atoms with van der Waals surface area (Å²) in [4.78, 5) is 31.4. The SMILES string of the molecule is O=C(CNC(=O)C1CC1)NCc1ccc(-n2ccnc2)nc1. The molecular weight excluding hydrogens is 282 g/mol. The highest BCUT2D eigenvalue weighted by Crippen LogP contribution is 2.28.